The van der Waals surface area contributed by atoms with E-state index >= 15 is 0 Å². The van der Waals surface area contributed by atoms with E-state index in [4.69, 9.17) is 11.6 Å². The van der Waals surface area contributed by atoms with Crippen molar-refractivity contribution in [1.29, 1.82) is 0 Å². The molecule has 2 aliphatic rings. The Labute approximate surface area is 156 Å². The molecule has 26 heavy (non-hydrogen) atoms. The second-order valence-corrected chi connectivity index (χ2v) is 7.21. The van der Waals surface area contributed by atoms with Crippen LogP contribution in [0.3, 0.4) is 0 Å². The first kappa shape index (κ1) is 18.5. The third-order valence-corrected chi connectivity index (χ3v) is 5.30. The summed E-state index contributed by atoms with van der Waals surface area (Å²) in [6.07, 6.45) is 5.27. The number of rotatable bonds is 6. The van der Waals surface area contributed by atoms with Crippen LogP contribution in [0.15, 0.2) is 30.4 Å². The van der Waals surface area contributed by atoms with E-state index in [9.17, 15) is 19.5 Å². The van der Waals surface area contributed by atoms with Crippen molar-refractivity contribution >= 4 is 35.1 Å². The highest BCUT2D eigenvalue weighted by Gasteiger charge is 2.51. The first-order chi connectivity index (χ1) is 12.4. The molecule has 3 N–H and O–H groups in total. The number of hydrogen-bond acceptors (Lipinski definition) is 3. The van der Waals surface area contributed by atoms with Crippen molar-refractivity contribution in [3.05, 3.63) is 40.9 Å². The minimum atomic E-state index is -0.964. The minimum Gasteiger partial charge on any atom is -0.481 e. The van der Waals surface area contributed by atoms with Crippen LogP contribution >= 0.6 is 11.6 Å². The van der Waals surface area contributed by atoms with Crippen molar-refractivity contribution in [3.63, 3.8) is 0 Å². The maximum absolute atomic E-state index is 12.8. The van der Waals surface area contributed by atoms with Gasteiger partial charge >= 0.3 is 5.97 Å². The summed E-state index contributed by atoms with van der Waals surface area (Å²) in [7, 11) is 0. The van der Waals surface area contributed by atoms with E-state index in [2.05, 4.69) is 10.6 Å². The number of nitrogens with one attached hydrogen (secondary N) is 2. The van der Waals surface area contributed by atoms with Crippen LogP contribution < -0.4 is 10.6 Å². The first-order valence-electron chi connectivity index (χ1n) is 8.72. The third kappa shape index (κ3) is 3.46. The molecule has 1 aromatic rings. The number of carboxylic acids is 1. The maximum atomic E-state index is 12.8. The number of amides is 2. The molecule has 1 saturated carbocycles. The first-order valence-corrected chi connectivity index (χ1v) is 9.10. The highest BCUT2D eigenvalue weighted by molar-refractivity contribution is 6.31. The van der Waals surface area contributed by atoms with Crippen LogP contribution in [0, 0.1) is 23.7 Å². The highest BCUT2D eigenvalue weighted by Crippen LogP contribution is 2.48. The molecule has 2 amide bonds. The highest BCUT2D eigenvalue weighted by atomic mass is 35.5. The summed E-state index contributed by atoms with van der Waals surface area (Å²) < 4.78 is 0. The lowest BCUT2D eigenvalue weighted by atomic mass is 9.82. The Morgan fingerprint density at radius 3 is 2.54 bits per heavy atom. The van der Waals surface area contributed by atoms with Crippen LogP contribution in [0.1, 0.15) is 30.1 Å². The Balaban J connectivity index is 1.83. The Bertz CT molecular complexity index is 777. The van der Waals surface area contributed by atoms with Gasteiger partial charge in [0.25, 0.3) is 5.91 Å². The lowest BCUT2D eigenvalue weighted by molar-refractivity contribution is -0.146. The fourth-order valence-electron chi connectivity index (χ4n) is 3.88. The molecule has 0 aromatic heterocycles. The number of halogens is 1. The lowest BCUT2D eigenvalue weighted by Gasteiger charge is -2.24. The molecule has 1 fully saturated rings. The standard InChI is InChI=1S/C19H21ClN2O4/c1-2-7-21-17(23)13-6-5-12(20)9-14(13)22-18(24)15-10-3-4-11(8-10)16(15)19(25)26/h3-6,9-11,15-16H,2,7-8H2,1H3,(H,21,23)(H,22,24)(H,25,26)/t10-,11-,15+,16+/m0/s1. The fraction of sp³-hybridized carbons (Fsp3) is 0.421. The van der Waals surface area contributed by atoms with Gasteiger partial charge in [0.15, 0.2) is 0 Å². The molecule has 0 aliphatic heterocycles. The molecule has 3 rings (SSSR count). The summed E-state index contributed by atoms with van der Waals surface area (Å²) in [6.45, 7) is 2.46. The number of anilines is 1. The molecule has 0 spiro atoms. The molecule has 138 valence electrons. The zero-order valence-electron chi connectivity index (χ0n) is 14.4. The van der Waals surface area contributed by atoms with Gasteiger partial charge in [-0.2, -0.15) is 0 Å². The van der Waals surface area contributed by atoms with Crippen molar-refractivity contribution in [1.82, 2.24) is 5.32 Å². The van der Waals surface area contributed by atoms with Crippen molar-refractivity contribution in [2.75, 3.05) is 11.9 Å². The van der Waals surface area contributed by atoms with Crippen LogP contribution in [-0.4, -0.2) is 29.4 Å². The molecule has 6 nitrogen and oxygen atoms in total. The van der Waals surface area contributed by atoms with E-state index in [-0.39, 0.29) is 23.7 Å². The molecule has 0 unspecified atom stereocenters. The smallest absolute Gasteiger partial charge is 0.307 e. The Morgan fingerprint density at radius 1 is 1.19 bits per heavy atom. The van der Waals surface area contributed by atoms with Gasteiger partial charge in [0, 0.05) is 11.6 Å². The molecule has 2 aliphatic carbocycles. The number of carbonyl (C=O) groups excluding carboxylic acids is 2. The van der Waals surface area contributed by atoms with E-state index in [0.717, 1.165) is 6.42 Å². The van der Waals surface area contributed by atoms with E-state index in [1.54, 1.807) is 12.1 Å². The van der Waals surface area contributed by atoms with Crippen LogP contribution in [0.25, 0.3) is 0 Å². The van der Waals surface area contributed by atoms with Gasteiger partial charge in [-0.3, -0.25) is 14.4 Å². The predicted octanol–water partition coefficient (Wildman–Crippen LogP) is 2.94. The molecular formula is C19H21ClN2O4. The largest absolute Gasteiger partial charge is 0.481 e. The summed E-state index contributed by atoms with van der Waals surface area (Å²) in [5.74, 6) is -3.23. The van der Waals surface area contributed by atoms with Gasteiger partial charge in [0.2, 0.25) is 5.91 Å². The number of carbonyl (C=O) groups is 3. The number of fused-ring (bicyclic) bond motifs is 2. The number of allylic oxidation sites excluding steroid dienone is 2. The minimum absolute atomic E-state index is 0.0855. The number of hydrogen-bond donors (Lipinski definition) is 3. The zero-order chi connectivity index (χ0) is 18.8. The third-order valence-electron chi connectivity index (χ3n) is 5.07. The molecule has 0 saturated heterocycles. The van der Waals surface area contributed by atoms with E-state index in [1.165, 1.54) is 6.07 Å². The average Bonchev–Trinajstić information content (AvgIpc) is 3.21. The number of aliphatic carboxylic acids is 1. The lowest BCUT2D eigenvalue weighted by Crippen LogP contribution is -2.37. The number of carboxylic acid groups (broad SMARTS) is 1. The fourth-order valence-corrected chi connectivity index (χ4v) is 4.06. The molecule has 7 heteroatoms. The van der Waals surface area contributed by atoms with Crippen molar-refractivity contribution in [2.45, 2.75) is 19.8 Å². The van der Waals surface area contributed by atoms with Crippen LogP contribution in [0.4, 0.5) is 5.69 Å². The van der Waals surface area contributed by atoms with Crippen LogP contribution in [0.5, 0.6) is 0 Å². The van der Waals surface area contributed by atoms with Crippen molar-refractivity contribution in [3.8, 4) is 0 Å². The van der Waals surface area contributed by atoms with Gasteiger partial charge in [-0.1, -0.05) is 30.7 Å². The van der Waals surface area contributed by atoms with Gasteiger partial charge < -0.3 is 15.7 Å². The topological polar surface area (TPSA) is 95.5 Å². The van der Waals surface area contributed by atoms with Gasteiger partial charge in [-0.15, -0.1) is 0 Å². The summed E-state index contributed by atoms with van der Waals surface area (Å²) >= 11 is 6.02. The molecule has 0 radical (unpaired) electrons. The maximum Gasteiger partial charge on any atom is 0.307 e. The quantitative estimate of drug-likeness (QED) is 0.665. The van der Waals surface area contributed by atoms with Gasteiger partial charge in [0.05, 0.1) is 23.1 Å². The molecule has 4 atom stereocenters. The second kappa shape index (κ2) is 7.50. The van der Waals surface area contributed by atoms with Crippen LogP contribution in [0.2, 0.25) is 5.02 Å². The summed E-state index contributed by atoms with van der Waals surface area (Å²) in [5.41, 5.74) is 0.605. The summed E-state index contributed by atoms with van der Waals surface area (Å²) in [5, 5.41) is 15.4. The van der Waals surface area contributed by atoms with Crippen molar-refractivity contribution < 1.29 is 19.5 Å². The average molecular weight is 377 g/mol. The number of benzene rings is 1. The monoisotopic (exact) mass is 376 g/mol. The Kier molecular flexibility index (Phi) is 5.32. The normalized spacial score (nSPS) is 25.9. The summed E-state index contributed by atoms with van der Waals surface area (Å²) in [4.78, 5) is 36.8. The molecule has 1 aromatic carbocycles. The summed E-state index contributed by atoms with van der Waals surface area (Å²) in [6, 6.07) is 4.65. The predicted molar refractivity (Wildman–Crippen MR) is 98.1 cm³/mol. The van der Waals surface area contributed by atoms with Gasteiger partial charge in [-0.25, -0.2) is 0 Å². The van der Waals surface area contributed by atoms with E-state index in [0.29, 0.717) is 29.2 Å². The van der Waals surface area contributed by atoms with E-state index < -0.39 is 17.8 Å². The molecule has 0 heterocycles. The van der Waals surface area contributed by atoms with Gasteiger partial charge in [-0.05, 0) is 42.9 Å². The Hall–Kier alpha value is -2.34. The van der Waals surface area contributed by atoms with Crippen LogP contribution in [-0.2, 0) is 9.59 Å². The van der Waals surface area contributed by atoms with Gasteiger partial charge in [0.1, 0.15) is 0 Å². The molecular weight excluding hydrogens is 356 g/mol. The van der Waals surface area contributed by atoms with E-state index in [1.807, 2.05) is 19.1 Å². The molecule has 2 bridgehead atoms. The van der Waals surface area contributed by atoms with Crippen molar-refractivity contribution in [2.24, 2.45) is 23.7 Å². The second-order valence-electron chi connectivity index (χ2n) is 6.77. The SMILES string of the molecule is CCCNC(=O)c1ccc(Cl)cc1NC(=O)[C@H]1[C@H](C(=O)O)[C@H]2C=C[C@H]1C2. The zero-order valence-corrected chi connectivity index (χ0v) is 15.1. The Morgan fingerprint density at radius 2 is 1.88 bits per heavy atom.